The van der Waals surface area contributed by atoms with Gasteiger partial charge in [-0.1, -0.05) is 42.5 Å². The number of carboxylic acids is 1. The zero-order chi connectivity index (χ0) is 23.8. The fraction of sp³-hybridized carbons (Fsp3) is 0.385. The highest BCUT2D eigenvalue weighted by Gasteiger charge is 2.52. The molecule has 0 bridgehead atoms. The summed E-state index contributed by atoms with van der Waals surface area (Å²) in [4.78, 5) is 24.3. The molecule has 1 aliphatic rings. The quantitative estimate of drug-likeness (QED) is 0.349. The Kier molecular flexibility index (Phi) is 8.20. The van der Waals surface area contributed by atoms with Crippen LogP contribution in [0, 0.1) is 0 Å². The number of benzene rings is 2. The number of hydrogen-bond acceptors (Lipinski definition) is 3. The number of aliphatic hydroxyl groups is 1. The number of carbonyl (C=O) groups excluding carboxylic acids is 1. The molecule has 2 N–H and O–H groups in total. The molecule has 1 amide bonds. The van der Waals surface area contributed by atoms with Crippen LogP contribution in [0.25, 0.3) is 0 Å². The van der Waals surface area contributed by atoms with Crippen molar-refractivity contribution in [2.75, 3.05) is 6.54 Å². The van der Waals surface area contributed by atoms with E-state index in [2.05, 4.69) is 12.1 Å². The minimum Gasteiger partial charge on any atom is -0.513 e. The molecule has 1 atom stereocenters. The van der Waals surface area contributed by atoms with Crippen molar-refractivity contribution in [1.82, 2.24) is 4.90 Å². The molecule has 0 radical (unpaired) electrons. The molecule has 2 aromatic carbocycles. The lowest BCUT2D eigenvalue weighted by molar-refractivity contribution is -0.148. The van der Waals surface area contributed by atoms with E-state index in [9.17, 15) is 23.5 Å². The van der Waals surface area contributed by atoms with Gasteiger partial charge in [0.1, 0.15) is 0 Å². The summed E-state index contributed by atoms with van der Waals surface area (Å²) in [6.07, 6.45) is 4.58. The second-order valence-corrected chi connectivity index (χ2v) is 8.44. The monoisotopic (exact) mass is 457 g/mol. The van der Waals surface area contributed by atoms with Gasteiger partial charge in [0.05, 0.1) is 11.3 Å². The van der Waals surface area contributed by atoms with Gasteiger partial charge in [0.25, 0.3) is 5.91 Å². The van der Waals surface area contributed by atoms with Gasteiger partial charge in [0.15, 0.2) is 0 Å². The van der Waals surface area contributed by atoms with E-state index in [0.717, 1.165) is 24.8 Å². The lowest BCUT2D eigenvalue weighted by atomic mass is 10.0. The first-order valence-electron chi connectivity index (χ1n) is 11.2. The van der Waals surface area contributed by atoms with Crippen molar-refractivity contribution < 1.29 is 28.6 Å². The van der Waals surface area contributed by atoms with Gasteiger partial charge in [-0.3, -0.25) is 4.79 Å². The van der Waals surface area contributed by atoms with Crippen LogP contribution in [0.5, 0.6) is 0 Å². The number of hydrogen-bond donors (Lipinski definition) is 2. The van der Waals surface area contributed by atoms with Crippen LogP contribution in [0.15, 0.2) is 66.4 Å². The minimum absolute atomic E-state index is 0.108. The molecule has 33 heavy (non-hydrogen) atoms. The fourth-order valence-corrected chi connectivity index (χ4v) is 4.08. The van der Waals surface area contributed by atoms with Crippen molar-refractivity contribution >= 4 is 11.9 Å². The van der Waals surface area contributed by atoms with Crippen LogP contribution in [0.4, 0.5) is 8.78 Å². The number of unbranched alkanes of at least 4 members (excludes halogenated alkanes) is 1. The summed E-state index contributed by atoms with van der Waals surface area (Å²) in [6.45, 7) is 0.108. The number of alkyl halides is 2. The van der Waals surface area contributed by atoms with Crippen molar-refractivity contribution in [2.24, 2.45) is 0 Å². The third-order valence-corrected chi connectivity index (χ3v) is 5.97. The molecule has 5 nitrogen and oxygen atoms in total. The van der Waals surface area contributed by atoms with E-state index in [1.165, 1.54) is 22.6 Å². The Labute approximate surface area is 192 Å². The highest BCUT2D eigenvalue weighted by Crippen LogP contribution is 2.35. The third kappa shape index (κ3) is 6.88. The van der Waals surface area contributed by atoms with E-state index in [-0.39, 0.29) is 24.3 Å². The number of carboxylic acid groups (broad SMARTS) is 1. The van der Waals surface area contributed by atoms with Crippen LogP contribution in [0.2, 0.25) is 0 Å². The number of nitrogens with zero attached hydrogens (tertiary/aromatic N) is 1. The normalized spacial score (nSPS) is 18.0. The van der Waals surface area contributed by atoms with Gasteiger partial charge in [-0.15, -0.1) is 0 Å². The number of carbonyl (C=O) groups is 2. The van der Waals surface area contributed by atoms with Crippen molar-refractivity contribution in [1.29, 1.82) is 0 Å². The van der Waals surface area contributed by atoms with Crippen LogP contribution >= 0.6 is 0 Å². The Morgan fingerprint density at radius 3 is 2.33 bits per heavy atom. The molecule has 176 valence electrons. The molecule has 1 saturated heterocycles. The zero-order valence-electron chi connectivity index (χ0n) is 18.4. The van der Waals surface area contributed by atoms with Crippen molar-refractivity contribution in [3.8, 4) is 0 Å². The van der Waals surface area contributed by atoms with Gasteiger partial charge in [-0.05, 0) is 61.4 Å². The summed E-state index contributed by atoms with van der Waals surface area (Å²) in [6, 6.07) is 15.5. The fourth-order valence-electron chi connectivity index (χ4n) is 4.08. The Morgan fingerprint density at radius 1 is 1.00 bits per heavy atom. The van der Waals surface area contributed by atoms with E-state index >= 15 is 0 Å². The van der Waals surface area contributed by atoms with Gasteiger partial charge in [0, 0.05) is 25.4 Å². The van der Waals surface area contributed by atoms with Crippen molar-refractivity contribution in [3.63, 3.8) is 0 Å². The SMILES string of the molecule is O=C(O)c1ccc(CCN2C(=O)C(F)(F)CC2CC=C(O)CCCCc2ccccc2)cc1. The molecule has 3 rings (SSSR count). The third-order valence-electron chi connectivity index (χ3n) is 5.97. The van der Waals surface area contributed by atoms with E-state index in [0.29, 0.717) is 12.8 Å². The van der Waals surface area contributed by atoms with Gasteiger partial charge in [-0.2, -0.15) is 8.78 Å². The van der Waals surface area contributed by atoms with Gasteiger partial charge < -0.3 is 15.1 Å². The Hall–Kier alpha value is -3.22. The number of allylic oxidation sites excluding steroid dienone is 1. The summed E-state index contributed by atoms with van der Waals surface area (Å²) in [7, 11) is 0. The van der Waals surface area contributed by atoms with Crippen LogP contribution in [0.3, 0.4) is 0 Å². The topological polar surface area (TPSA) is 77.8 Å². The predicted octanol–water partition coefficient (Wildman–Crippen LogP) is 5.41. The molecule has 0 aliphatic carbocycles. The second kappa shape index (κ2) is 11.1. The molecule has 1 aliphatic heterocycles. The largest absolute Gasteiger partial charge is 0.513 e. The van der Waals surface area contributed by atoms with Gasteiger partial charge in [0.2, 0.25) is 0 Å². The number of likely N-dealkylation sites (tertiary alicyclic amines) is 1. The second-order valence-electron chi connectivity index (χ2n) is 8.44. The van der Waals surface area contributed by atoms with E-state index in [1.807, 2.05) is 18.2 Å². The number of aromatic carboxylic acids is 1. The molecule has 0 spiro atoms. The van der Waals surface area contributed by atoms with Crippen molar-refractivity contribution in [2.45, 2.75) is 56.9 Å². The molecule has 1 fully saturated rings. The summed E-state index contributed by atoms with van der Waals surface area (Å²) >= 11 is 0. The highest BCUT2D eigenvalue weighted by molar-refractivity contribution is 5.87. The smallest absolute Gasteiger partial charge is 0.335 e. The molecule has 0 saturated carbocycles. The molecule has 2 aromatic rings. The Balaban J connectivity index is 1.51. The first-order chi connectivity index (χ1) is 15.8. The first-order valence-corrected chi connectivity index (χ1v) is 11.2. The van der Waals surface area contributed by atoms with Crippen LogP contribution in [-0.2, 0) is 17.6 Å². The number of halogens is 2. The summed E-state index contributed by atoms with van der Waals surface area (Å²) in [5.41, 5.74) is 2.14. The molecule has 0 aromatic heterocycles. The predicted molar refractivity (Wildman–Crippen MR) is 121 cm³/mol. The molecule has 1 heterocycles. The lowest BCUT2D eigenvalue weighted by Gasteiger charge is -2.23. The molecular weight excluding hydrogens is 428 g/mol. The summed E-state index contributed by atoms with van der Waals surface area (Å²) < 4.78 is 28.2. The molecular formula is C26H29F2NO4. The Bertz CT molecular complexity index is 974. The molecule has 7 heteroatoms. The van der Waals surface area contributed by atoms with Crippen LogP contribution in [-0.4, -0.2) is 45.5 Å². The first kappa shape index (κ1) is 24.4. The Morgan fingerprint density at radius 2 is 1.67 bits per heavy atom. The van der Waals surface area contributed by atoms with Crippen molar-refractivity contribution in [3.05, 3.63) is 83.1 Å². The number of rotatable bonds is 11. The maximum atomic E-state index is 14.1. The van der Waals surface area contributed by atoms with E-state index in [4.69, 9.17) is 5.11 Å². The number of amides is 1. The van der Waals surface area contributed by atoms with Gasteiger partial charge >= 0.3 is 11.9 Å². The lowest BCUT2D eigenvalue weighted by Crippen LogP contribution is -2.37. The average Bonchev–Trinajstić information content (AvgIpc) is 3.02. The standard InChI is InChI=1S/C26H29F2NO4/c27-26(28)18-22(14-15-23(30)9-5-4-8-19-6-2-1-3-7-19)29(25(26)33)17-16-20-10-12-21(13-11-20)24(31)32/h1-3,6-7,10-13,15,22,30H,4-5,8-9,14,16-18H2,(H,31,32). The van der Waals surface area contributed by atoms with E-state index < -0.39 is 30.3 Å². The summed E-state index contributed by atoms with van der Waals surface area (Å²) in [5, 5.41) is 19.2. The number of aryl methyl sites for hydroxylation is 1. The minimum atomic E-state index is -3.41. The van der Waals surface area contributed by atoms with Gasteiger partial charge in [-0.25, -0.2) is 4.79 Å². The number of aliphatic hydroxyl groups excluding tert-OH is 1. The maximum Gasteiger partial charge on any atom is 0.335 e. The van der Waals surface area contributed by atoms with Crippen LogP contribution < -0.4 is 0 Å². The van der Waals surface area contributed by atoms with Crippen LogP contribution in [0.1, 0.15) is 53.6 Å². The zero-order valence-corrected chi connectivity index (χ0v) is 18.4. The molecule has 1 unspecified atom stereocenters. The maximum absolute atomic E-state index is 14.1. The summed E-state index contributed by atoms with van der Waals surface area (Å²) in [5.74, 6) is -5.47. The highest BCUT2D eigenvalue weighted by atomic mass is 19.3. The average molecular weight is 458 g/mol. The van der Waals surface area contributed by atoms with E-state index in [1.54, 1.807) is 18.2 Å².